The molecule has 6 rings (SSSR count). The van der Waals surface area contributed by atoms with E-state index in [1.54, 1.807) is 0 Å². The summed E-state index contributed by atoms with van der Waals surface area (Å²) in [7, 11) is 0. The van der Waals surface area contributed by atoms with Crippen molar-refractivity contribution < 1.29 is 14.6 Å². The Bertz CT molecular complexity index is 684. The van der Waals surface area contributed by atoms with Gasteiger partial charge in [0.25, 0.3) is 0 Å². The van der Waals surface area contributed by atoms with Crippen LogP contribution >= 0.6 is 0 Å². The van der Waals surface area contributed by atoms with Crippen LogP contribution in [0.1, 0.15) is 91.9 Å². The molecule has 30 heavy (non-hydrogen) atoms. The minimum absolute atomic E-state index is 0.0389. The minimum Gasteiger partial charge on any atom is -0.393 e. The van der Waals surface area contributed by atoms with Crippen molar-refractivity contribution in [2.45, 2.75) is 110 Å². The Balaban J connectivity index is 1.26. The highest BCUT2D eigenvalue weighted by atomic mass is 16.7. The van der Waals surface area contributed by atoms with Gasteiger partial charge in [-0.1, -0.05) is 27.7 Å². The molecule has 0 bridgehead atoms. The van der Waals surface area contributed by atoms with Crippen LogP contribution in [0.15, 0.2) is 0 Å². The molecule has 2 heterocycles. The lowest BCUT2D eigenvalue weighted by atomic mass is 9.44. The van der Waals surface area contributed by atoms with Crippen LogP contribution in [-0.4, -0.2) is 29.7 Å². The van der Waals surface area contributed by atoms with Crippen LogP contribution in [0, 0.1) is 52.3 Å². The highest BCUT2D eigenvalue weighted by Crippen LogP contribution is 2.71. The van der Waals surface area contributed by atoms with E-state index in [-0.39, 0.29) is 11.9 Å². The van der Waals surface area contributed by atoms with Crippen LogP contribution in [0.3, 0.4) is 0 Å². The van der Waals surface area contributed by atoms with E-state index in [4.69, 9.17) is 9.47 Å². The van der Waals surface area contributed by atoms with E-state index >= 15 is 0 Å². The Labute approximate surface area is 183 Å². The van der Waals surface area contributed by atoms with E-state index < -0.39 is 0 Å². The predicted octanol–water partition coefficient (Wildman–Crippen LogP) is 5.79. The van der Waals surface area contributed by atoms with Gasteiger partial charge in [-0.25, -0.2) is 0 Å². The highest BCUT2D eigenvalue weighted by molar-refractivity contribution is 5.15. The van der Waals surface area contributed by atoms with E-state index in [0.29, 0.717) is 34.7 Å². The maximum Gasteiger partial charge on any atom is 0.171 e. The van der Waals surface area contributed by atoms with Crippen molar-refractivity contribution in [3.63, 3.8) is 0 Å². The van der Waals surface area contributed by atoms with E-state index in [9.17, 15) is 5.11 Å². The number of rotatable bonds is 0. The third-order valence-corrected chi connectivity index (χ3v) is 11.9. The molecule has 4 aliphatic carbocycles. The van der Waals surface area contributed by atoms with Gasteiger partial charge in [-0.2, -0.15) is 0 Å². The molecular weight excluding hydrogens is 372 g/mol. The van der Waals surface area contributed by atoms with Crippen molar-refractivity contribution >= 4 is 0 Å². The number of ether oxygens (including phenoxy) is 2. The van der Waals surface area contributed by atoms with Gasteiger partial charge in [-0.05, 0) is 104 Å². The fraction of sp³-hybridized carbons (Fsp3) is 1.00. The molecule has 3 unspecified atom stereocenters. The van der Waals surface area contributed by atoms with Crippen molar-refractivity contribution in [1.29, 1.82) is 0 Å². The van der Waals surface area contributed by atoms with Gasteiger partial charge in [-0.15, -0.1) is 0 Å². The molecule has 0 aromatic heterocycles. The normalized spacial score (nSPS) is 62.5. The third kappa shape index (κ3) is 2.61. The van der Waals surface area contributed by atoms with E-state index in [1.165, 1.54) is 44.9 Å². The molecule has 1 spiro atoms. The van der Waals surface area contributed by atoms with E-state index in [1.807, 2.05) is 0 Å². The monoisotopic (exact) mass is 416 g/mol. The van der Waals surface area contributed by atoms with Gasteiger partial charge in [0.2, 0.25) is 0 Å². The molecule has 3 nitrogen and oxygen atoms in total. The summed E-state index contributed by atoms with van der Waals surface area (Å²) in [6.45, 7) is 10.9. The Hall–Kier alpha value is -0.120. The Morgan fingerprint density at radius 2 is 1.63 bits per heavy atom. The van der Waals surface area contributed by atoms with Crippen LogP contribution in [0.4, 0.5) is 0 Å². The van der Waals surface area contributed by atoms with Gasteiger partial charge in [0.1, 0.15) is 0 Å². The highest BCUT2D eigenvalue weighted by Gasteiger charge is 2.69. The second-order valence-corrected chi connectivity index (χ2v) is 13.1. The molecule has 4 saturated carbocycles. The summed E-state index contributed by atoms with van der Waals surface area (Å²) >= 11 is 0. The Morgan fingerprint density at radius 1 is 0.833 bits per heavy atom. The molecule has 170 valence electrons. The Morgan fingerprint density at radius 3 is 2.40 bits per heavy atom. The summed E-state index contributed by atoms with van der Waals surface area (Å²) in [6.07, 6.45) is 12.9. The molecule has 2 aliphatic heterocycles. The SMILES string of the molecule is C[C@H]1CC[C@@]2(OC1)O[C@H]1CC3C4CC[C@H]5C[C@@H](O)CC[C@]5(C)C4CC[C@]3(C)[C@H]1[C@@H]2C. The summed E-state index contributed by atoms with van der Waals surface area (Å²) in [5, 5.41) is 10.3. The molecule has 12 atom stereocenters. The minimum atomic E-state index is -0.282. The van der Waals surface area contributed by atoms with Crippen LogP contribution in [0.5, 0.6) is 0 Å². The zero-order chi connectivity index (χ0) is 20.9. The second-order valence-electron chi connectivity index (χ2n) is 13.1. The van der Waals surface area contributed by atoms with Gasteiger partial charge in [0.05, 0.1) is 18.8 Å². The predicted molar refractivity (Wildman–Crippen MR) is 118 cm³/mol. The standard InChI is InChI=1S/C27H44O3/c1-16-7-12-27(29-15-16)17(2)24-23(30-27)14-22-20-6-5-18-13-19(28)8-10-25(18,3)21(20)9-11-26(22,24)4/h16-24,28H,5-15H2,1-4H3/t16-,17-,18-,19-,20?,21?,22?,23-,24-,25-,26-,27+/m0/s1. The maximum absolute atomic E-state index is 10.3. The van der Waals surface area contributed by atoms with Crippen molar-refractivity contribution in [1.82, 2.24) is 0 Å². The van der Waals surface area contributed by atoms with E-state index in [2.05, 4.69) is 27.7 Å². The molecule has 0 aromatic carbocycles. The molecule has 6 fully saturated rings. The van der Waals surface area contributed by atoms with Gasteiger partial charge in [0.15, 0.2) is 5.79 Å². The van der Waals surface area contributed by atoms with Crippen molar-refractivity contribution in [2.75, 3.05) is 6.61 Å². The first-order valence-corrected chi connectivity index (χ1v) is 13.3. The average molecular weight is 417 g/mol. The molecule has 0 amide bonds. The number of aliphatic hydroxyl groups excluding tert-OH is 1. The van der Waals surface area contributed by atoms with Gasteiger partial charge in [0, 0.05) is 12.3 Å². The number of aliphatic hydroxyl groups is 1. The fourth-order valence-corrected chi connectivity index (χ4v) is 10.3. The van der Waals surface area contributed by atoms with Gasteiger partial charge < -0.3 is 14.6 Å². The van der Waals surface area contributed by atoms with Crippen molar-refractivity contribution in [2.24, 2.45) is 52.3 Å². The van der Waals surface area contributed by atoms with Crippen molar-refractivity contribution in [3.05, 3.63) is 0 Å². The third-order valence-electron chi connectivity index (χ3n) is 11.9. The molecule has 0 radical (unpaired) electrons. The van der Waals surface area contributed by atoms with Crippen LogP contribution < -0.4 is 0 Å². The van der Waals surface area contributed by atoms with Crippen LogP contribution in [0.2, 0.25) is 0 Å². The number of fused-ring (bicyclic) bond motifs is 7. The fourth-order valence-electron chi connectivity index (χ4n) is 10.3. The quantitative estimate of drug-likeness (QED) is 0.543. The zero-order valence-corrected chi connectivity index (χ0v) is 19.7. The van der Waals surface area contributed by atoms with Crippen LogP contribution in [-0.2, 0) is 9.47 Å². The summed E-state index contributed by atoms with van der Waals surface area (Å²) < 4.78 is 13.4. The molecule has 2 saturated heterocycles. The first kappa shape index (κ1) is 20.5. The molecule has 0 aromatic rings. The Kier molecular flexibility index (Phi) is 4.58. The molecule has 6 aliphatic rings. The summed E-state index contributed by atoms with van der Waals surface area (Å²) in [4.78, 5) is 0. The first-order chi connectivity index (χ1) is 14.3. The maximum atomic E-state index is 10.3. The summed E-state index contributed by atoms with van der Waals surface area (Å²) in [5.41, 5.74) is 0.899. The van der Waals surface area contributed by atoms with Crippen LogP contribution in [0.25, 0.3) is 0 Å². The second kappa shape index (κ2) is 6.70. The lowest BCUT2D eigenvalue weighted by Gasteiger charge is -2.61. The summed E-state index contributed by atoms with van der Waals surface area (Å²) in [6, 6.07) is 0. The van der Waals surface area contributed by atoms with Gasteiger partial charge in [-0.3, -0.25) is 0 Å². The van der Waals surface area contributed by atoms with Crippen molar-refractivity contribution in [3.8, 4) is 0 Å². The van der Waals surface area contributed by atoms with Gasteiger partial charge >= 0.3 is 0 Å². The lowest BCUT2D eigenvalue weighted by Crippen LogP contribution is -2.55. The lowest BCUT2D eigenvalue weighted by molar-refractivity contribution is -0.273. The molecular formula is C27H44O3. The number of hydrogen-bond acceptors (Lipinski definition) is 3. The number of hydrogen-bond donors (Lipinski definition) is 1. The molecule has 3 heteroatoms. The summed E-state index contributed by atoms with van der Waals surface area (Å²) in [5.74, 6) is 4.93. The molecule has 1 N–H and O–H groups in total. The topological polar surface area (TPSA) is 38.7 Å². The average Bonchev–Trinajstić information content (AvgIpc) is 3.16. The largest absolute Gasteiger partial charge is 0.393 e. The smallest absolute Gasteiger partial charge is 0.171 e. The van der Waals surface area contributed by atoms with E-state index in [0.717, 1.165) is 49.5 Å². The zero-order valence-electron chi connectivity index (χ0n) is 19.7. The first-order valence-electron chi connectivity index (χ1n) is 13.3.